The van der Waals surface area contributed by atoms with E-state index in [4.69, 9.17) is 23.9 Å². The minimum Gasteiger partial charge on any atom is -0.507 e. The molecule has 35 heavy (non-hydrogen) atoms. The maximum Gasteiger partial charge on any atom is 0.312 e. The number of fused-ring (bicyclic) bond motifs is 3. The van der Waals surface area contributed by atoms with Gasteiger partial charge >= 0.3 is 5.97 Å². The number of methoxy groups -OCH3 is 2. The number of benzene rings is 3. The lowest BCUT2D eigenvalue weighted by Crippen LogP contribution is -2.22. The molecule has 0 bridgehead atoms. The first-order valence-electron chi connectivity index (χ1n) is 10.7. The Morgan fingerprint density at radius 3 is 2.46 bits per heavy atom. The molecule has 0 aliphatic carbocycles. The molecule has 1 atom stereocenters. The van der Waals surface area contributed by atoms with Crippen LogP contribution in [0.3, 0.4) is 0 Å². The molecule has 0 radical (unpaired) electrons. The number of nitrogens with zero attached hydrogens (tertiary/aromatic N) is 1. The lowest BCUT2D eigenvalue weighted by molar-refractivity contribution is -0.135. The molecule has 0 amide bonds. The minimum atomic E-state index is -0.489. The molecule has 1 aliphatic rings. The van der Waals surface area contributed by atoms with Gasteiger partial charge in [0.25, 0.3) is 0 Å². The van der Waals surface area contributed by atoms with Crippen LogP contribution in [0.15, 0.2) is 64.0 Å². The molecular weight excluding hydrogens is 450 g/mol. The van der Waals surface area contributed by atoms with E-state index >= 15 is 0 Å². The zero-order valence-corrected chi connectivity index (χ0v) is 18.8. The number of nitriles is 1. The van der Waals surface area contributed by atoms with Gasteiger partial charge in [0.2, 0.25) is 5.43 Å². The highest BCUT2D eigenvalue weighted by atomic mass is 16.5. The van der Waals surface area contributed by atoms with Gasteiger partial charge < -0.3 is 23.7 Å². The fourth-order valence-corrected chi connectivity index (χ4v) is 4.41. The van der Waals surface area contributed by atoms with Gasteiger partial charge in [-0.25, -0.2) is 0 Å². The number of phenols is 1. The molecule has 174 valence electrons. The first-order chi connectivity index (χ1) is 16.9. The van der Waals surface area contributed by atoms with E-state index in [0.29, 0.717) is 28.2 Å². The van der Waals surface area contributed by atoms with Crippen molar-refractivity contribution in [3.05, 3.63) is 81.7 Å². The summed E-state index contributed by atoms with van der Waals surface area (Å²) in [5.41, 5.74) is 2.14. The standard InChI is InChI=1S/C27H19NO7/c1-32-20-8-7-16(9-21(20)33-2)18-13-34-27-24-17(15-5-3-14(12-28)4-6-15)10-23(30)35-22(24)11-19(29)25(27)26(18)31/h3-9,11,13,17,29H,10H2,1-2H3. The minimum absolute atomic E-state index is 0.0138. The molecule has 1 N–H and O–H groups in total. The van der Waals surface area contributed by atoms with Gasteiger partial charge in [-0.1, -0.05) is 18.2 Å². The van der Waals surface area contributed by atoms with Crippen LogP contribution in [0.2, 0.25) is 0 Å². The third kappa shape index (κ3) is 3.63. The number of phenolic OH excluding ortho intramolecular Hbond substituents is 1. The summed E-state index contributed by atoms with van der Waals surface area (Å²) in [5.74, 6) is -0.254. The fourth-order valence-electron chi connectivity index (χ4n) is 4.41. The van der Waals surface area contributed by atoms with Crippen LogP contribution in [0.1, 0.15) is 29.0 Å². The van der Waals surface area contributed by atoms with Crippen LogP contribution in [0.5, 0.6) is 23.0 Å². The number of hydrogen-bond donors (Lipinski definition) is 1. The predicted molar refractivity (Wildman–Crippen MR) is 126 cm³/mol. The van der Waals surface area contributed by atoms with Crippen molar-refractivity contribution in [1.82, 2.24) is 0 Å². The summed E-state index contributed by atoms with van der Waals surface area (Å²) in [6.45, 7) is 0. The Labute approximate surface area is 199 Å². The second-order valence-corrected chi connectivity index (χ2v) is 8.02. The molecule has 0 fully saturated rings. The van der Waals surface area contributed by atoms with Crippen molar-refractivity contribution in [2.24, 2.45) is 0 Å². The quantitative estimate of drug-likeness (QED) is 0.343. The highest BCUT2D eigenvalue weighted by molar-refractivity contribution is 5.94. The van der Waals surface area contributed by atoms with Crippen molar-refractivity contribution in [2.75, 3.05) is 14.2 Å². The topological polar surface area (TPSA) is 119 Å². The number of carbonyl (C=O) groups is 1. The number of hydrogen-bond acceptors (Lipinski definition) is 8. The monoisotopic (exact) mass is 469 g/mol. The summed E-state index contributed by atoms with van der Waals surface area (Å²) < 4.78 is 21.9. The van der Waals surface area contributed by atoms with Crippen LogP contribution in [-0.4, -0.2) is 25.3 Å². The molecule has 4 aromatic rings. The van der Waals surface area contributed by atoms with Gasteiger partial charge in [-0.3, -0.25) is 9.59 Å². The average molecular weight is 469 g/mol. The summed E-state index contributed by atoms with van der Waals surface area (Å²) >= 11 is 0. The van der Waals surface area contributed by atoms with E-state index in [1.165, 1.54) is 26.5 Å². The zero-order valence-electron chi connectivity index (χ0n) is 18.8. The molecule has 5 rings (SSSR count). The van der Waals surface area contributed by atoms with Crippen molar-refractivity contribution >= 4 is 16.9 Å². The number of carbonyl (C=O) groups excluding carboxylic acids is 1. The highest BCUT2D eigenvalue weighted by Crippen LogP contribution is 2.45. The van der Waals surface area contributed by atoms with Crippen molar-refractivity contribution in [2.45, 2.75) is 12.3 Å². The van der Waals surface area contributed by atoms with Crippen LogP contribution in [0, 0.1) is 11.3 Å². The Kier molecular flexibility index (Phi) is 5.38. The first-order valence-corrected chi connectivity index (χ1v) is 10.7. The Balaban J connectivity index is 1.73. The lowest BCUT2D eigenvalue weighted by Gasteiger charge is -2.26. The normalized spacial score (nSPS) is 14.7. The summed E-state index contributed by atoms with van der Waals surface area (Å²) in [7, 11) is 3.01. The van der Waals surface area contributed by atoms with Crippen LogP contribution >= 0.6 is 0 Å². The van der Waals surface area contributed by atoms with Gasteiger partial charge in [-0.2, -0.15) is 5.26 Å². The van der Waals surface area contributed by atoms with Gasteiger partial charge in [-0.15, -0.1) is 0 Å². The van der Waals surface area contributed by atoms with Crippen LogP contribution in [0.4, 0.5) is 0 Å². The first kappa shape index (κ1) is 22.0. The molecule has 0 saturated carbocycles. The van der Waals surface area contributed by atoms with Crippen LogP contribution in [-0.2, 0) is 4.79 Å². The Hall–Kier alpha value is -4.77. The van der Waals surface area contributed by atoms with Crippen molar-refractivity contribution in [3.63, 3.8) is 0 Å². The Morgan fingerprint density at radius 2 is 1.77 bits per heavy atom. The number of rotatable bonds is 4. The molecular formula is C27H19NO7. The number of ether oxygens (including phenoxy) is 3. The molecule has 8 heteroatoms. The zero-order chi connectivity index (χ0) is 24.7. The third-order valence-electron chi connectivity index (χ3n) is 6.11. The van der Waals surface area contributed by atoms with Crippen LogP contribution < -0.4 is 19.6 Å². The van der Waals surface area contributed by atoms with Crippen molar-refractivity contribution in [3.8, 4) is 40.2 Å². The number of aromatic hydroxyl groups is 1. The third-order valence-corrected chi connectivity index (χ3v) is 6.11. The Morgan fingerprint density at radius 1 is 1.03 bits per heavy atom. The maximum absolute atomic E-state index is 13.5. The number of esters is 1. The van der Waals surface area contributed by atoms with Crippen LogP contribution in [0.25, 0.3) is 22.1 Å². The van der Waals surface area contributed by atoms with E-state index < -0.39 is 17.3 Å². The highest BCUT2D eigenvalue weighted by Gasteiger charge is 2.33. The second kappa shape index (κ2) is 8.54. The second-order valence-electron chi connectivity index (χ2n) is 8.02. The van der Waals surface area contributed by atoms with Gasteiger partial charge in [0.15, 0.2) is 11.5 Å². The summed E-state index contributed by atoms with van der Waals surface area (Å²) in [6.07, 6.45) is 1.33. The predicted octanol–water partition coefficient (Wildman–Crippen LogP) is 4.50. The summed E-state index contributed by atoms with van der Waals surface area (Å²) in [6, 6.07) is 15.2. The van der Waals surface area contributed by atoms with E-state index in [1.807, 2.05) is 0 Å². The molecule has 1 aromatic heterocycles. The SMILES string of the molecule is COc1ccc(-c2coc3c4c(cc(O)c3c2=O)OC(=O)CC4c2ccc(C#N)cc2)cc1OC. The molecule has 0 saturated heterocycles. The summed E-state index contributed by atoms with van der Waals surface area (Å²) in [4.78, 5) is 25.9. The molecule has 8 nitrogen and oxygen atoms in total. The molecule has 0 spiro atoms. The van der Waals surface area contributed by atoms with E-state index in [1.54, 1.807) is 42.5 Å². The van der Waals surface area contributed by atoms with Crippen molar-refractivity contribution < 1.29 is 28.5 Å². The molecule has 2 heterocycles. The van der Waals surface area contributed by atoms with E-state index in [9.17, 15) is 14.7 Å². The van der Waals surface area contributed by atoms with E-state index in [0.717, 1.165) is 5.56 Å². The van der Waals surface area contributed by atoms with Gasteiger partial charge in [0.1, 0.15) is 28.7 Å². The van der Waals surface area contributed by atoms with E-state index in [2.05, 4.69) is 6.07 Å². The lowest BCUT2D eigenvalue weighted by atomic mass is 9.84. The fraction of sp³-hybridized carbons (Fsp3) is 0.148. The van der Waals surface area contributed by atoms with Gasteiger partial charge in [0, 0.05) is 17.5 Å². The average Bonchev–Trinajstić information content (AvgIpc) is 2.87. The molecule has 3 aromatic carbocycles. The van der Waals surface area contributed by atoms with Gasteiger partial charge in [0.05, 0.1) is 37.8 Å². The van der Waals surface area contributed by atoms with Gasteiger partial charge in [-0.05, 0) is 35.4 Å². The molecule has 1 unspecified atom stereocenters. The smallest absolute Gasteiger partial charge is 0.312 e. The summed E-state index contributed by atoms with van der Waals surface area (Å²) in [5, 5.41) is 19.8. The van der Waals surface area contributed by atoms with Crippen molar-refractivity contribution in [1.29, 1.82) is 5.26 Å². The largest absolute Gasteiger partial charge is 0.507 e. The maximum atomic E-state index is 13.5. The molecule has 1 aliphatic heterocycles. The van der Waals surface area contributed by atoms with E-state index in [-0.39, 0.29) is 34.5 Å². The Bertz CT molecular complexity index is 1580.